The minimum atomic E-state index is -0.702. The maximum Gasteiger partial charge on any atom is 0.224 e. The van der Waals surface area contributed by atoms with Gasteiger partial charge in [0, 0.05) is 12.5 Å². The SMILES string of the molecule is CC(C)(CNC(=O)[C@@H]1CCC[C@@H]1CN)C(N)=O.Cl. The molecule has 0 aromatic heterocycles. The van der Waals surface area contributed by atoms with Crippen molar-refractivity contribution >= 4 is 24.2 Å². The molecule has 2 amide bonds. The second-order valence-electron chi connectivity index (χ2n) is 5.50. The summed E-state index contributed by atoms with van der Waals surface area (Å²) in [6.07, 6.45) is 2.97. The van der Waals surface area contributed by atoms with Crippen LogP contribution in [0.25, 0.3) is 0 Å². The number of halogens is 1. The Bertz CT molecular complexity index is 308. The first-order valence-corrected chi connectivity index (χ1v) is 6.16. The molecule has 2 atom stereocenters. The quantitative estimate of drug-likeness (QED) is 0.679. The molecule has 1 aliphatic carbocycles. The molecule has 0 unspecified atom stereocenters. The normalized spacial score (nSPS) is 23.3. The highest BCUT2D eigenvalue weighted by atomic mass is 35.5. The lowest BCUT2D eigenvalue weighted by molar-refractivity contribution is -0.128. The summed E-state index contributed by atoms with van der Waals surface area (Å²) in [5.74, 6) is -0.109. The van der Waals surface area contributed by atoms with Crippen LogP contribution in [0.3, 0.4) is 0 Å². The zero-order chi connectivity index (χ0) is 13.1. The molecule has 0 aromatic carbocycles. The van der Waals surface area contributed by atoms with Gasteiger partial charge in [-0.2, -0.15) is 0 Å². The minimum Gasteiger partial charge on any atom is -0.369 e. The van der Waals surface area contributed by atoms with Gasteiger partial charge in [-0.3, -0.25) is 9.59 Å². The fourth-order valence-corrected chi connectivity index (χ4v) is 2.19. The van der Waals surface area contributed by atoms with Crippen molar-refractivity contribution in [2.75, 3.05) is 13.1 Å². The fraction of sp³-hybridized carbons (Fsp3) is 0.833. The first kappa shape index (κ1) is 17.2. The molecule has 1 aliphatic rings. The molecule has 6 heteroatoms. The third-order valence-corrected chi connectivity index (χ3v) is 3.67. The average molecular weight is 278 g/mol. The molecule has 1 rings (SSSR count). The summed E-state index contributed by atoms with van der Waals surface area (Å²) in [7, 11) is 0. The summed E-state index contributed by atoms with van der Waals surface area (Å²) in [6, 6.07) is 0. The van der Waals surface area contributed by atoms with Gasteiger partial charge in [0.2, 0.25) is 11.8 Å². The third kappa shape index (κ3) is 4.14. The van der Waals surface area contributed by atoms with Crippen molar-refractivity contribution in [2.45, 2.75) is 33.1 Å². The standard InChI is InChI=1S/C12H23N3O2.ClH/c1-12(2,11(14)17)7-15-10(16)9-5-3-4-8(9)6-13;/h8-9H,3-7,13H2,1-2H3,(H2,14,17)(H,15,16);1H/t8-,9-;/m1./s1. The van der Waals surface area contributed by atoms with E-state index in [4.69, 9.17) is 11.5 Å². The predicted molar refractivity (Wildman–Crippen MR) is 73.1 cm³/mol. The Morgan fingerprint density at radius 1 is 1.33 bits per heavy atom. The molecule has 1 fully saturated rings. The summed E-state index contributed by atoms with van der Waals surface area (Å²) in [6.45, 7) is 4.29. The van der Waals surface area contributed by atoms with Gasteiger partial charge in [-0.1, -0.05) is 6.42 Å². The molecule has 5 N–H and O–H groups in total. The topological polar surface area (TPSA) is 98.2 Å². The van der Waals surface area contributed by atoms with E-state index in [1.54, 1.807) is 13.8 Å². The molecular weight excluding hydrogens is 254 g/mol. The summed E-state index contributed by atoms with van der Waals surface area (Å²) >= 11 is 0. The van der Waals surface area contributed by atoms with Crippen LogP contribution in [-0.2, 0) is 9.59 Å². The van der Waals surface area contributed by atoms with Gasteiger partial charge in [0.15, 0.2) is 0 Å². The number of rotatable bonds is 5. The van der Waals surface area contributed by atoms with E-state index < -0.39 is 11.3 Å². The van der Waals surface area contributed by atoms with E-state index in [0.717, 1.165) is 19.3 Å². The van der Waals surface area contributed by atoms with E-state index >= 15 is 0 Å². The Kier molecular flexibility index (Phi) is 6.63. The Hall–Kier alpha value is -0.810. The van der Waals surface area contributed by atoms with Crippen molar-refractivity contribution in [2.24, 2.45) is 28.7 Å². The molecule has 18 heavy (non-hydrogen) atoms. The van der Waals surface area contributed by atoms with Gasteiger partial charge in [0.05, 0.1) is 5.41 Å². The highest BCUT2D eigenvalue weighted by Crippen LogP contribution is 2.31. The van der Waals surface area contributed by atoms with E-state index in [9.17, 15) is 9.59 Å². The Morgan fingerprint density at radius 2 is 1.94 bits per heavy atom. The van der Waals surface area contributed by atoms with Gasteiger partial charge >= 0.3 is 0 Å². The number of nitrogens with two attached hydrogens (primary N) is 2. The van der Waals surface area contributed by atoms with Crippen LogP contribution in [0.5, 0.6) is 0 Å². The van der Waals surface area contributed by atoms with Crippen LogP contribution >= 0.6 is 12.4 Å². The van der Waals surface area contributed by atoms with Gasteiger partial charge in [0.25, 0.3) is 0 Å². The molecular formula is C12H24ClN3O2. The largest absolute Gasteiger partial charge is 0.369 e. The van der Waals surface area contributed by atoms with Crippen molar-refractivity contribution in [3.63, 3.8) is 0 Å². The summed E-state index contributed by atoms with van der Waals surface area (Å²) < 4.78 is 0. The van der Waals surface area contributed by atoms with Gasteiger partial charge in [-0.25, -0.2) is 0 Å². The number of hydrogen-bond acceptors (Lipinski definition) is 3. The number of carbonyl (C=O) groups is 2. The first-order chi connectivity index (χ1) is 7.88. The maximum absolute atomic E-state index is 12.0. The zero-order valence-corrected chi connectivity index (χ0v) is 11.9. The number of primary amides is 1. The number of amides is 2. The van der Waals surface area contributed by atoms with E-state index in [-0.39, 0.29) is 36.7 Å². The van der Waals surface area contributed by atoms with Crippen molar-refractivity contribution in [1.29, 1.82) is 0 Å². The second-order valence-corrected chi connectivity index (χ2v) is 5.50. The van der Waals surface area contributed by atoms with Crippen molar-refractivity contribution < 1.29 is 9.59 Å². The van der Waals surface area contributed by atoms with Crippen LogP contribution in [0.1, 0.15) is 33.1 Å². The number of carbonyl (C=O) groups excluding carboxylic acids is 2. The van der Waals surface area contributed by atoms with Crippen molar-refractivity contribution in [3.05, 3.63) is 0 Å². The van der Waals surface area contributed by atoms with Crippen LogP contribution in [-0.4, -0.2) is 24.9 Å². The molecule has 0 heterocycles. The monoisotopic (exact) mass is 277 g/mol. The van der Waals surface area contributed by atoms with Crippen LogP contribution in [0.4, 0.5) is 0 Å². The lowest BCUT2D eigenvalue weighted by atomic mass is 9.91. The molecule has 0 aliphatic heterocycles. The van der Waals surface area contributed by atoms with E-state index in [1.807, 2.05) is 0 Å². The predicted octanol–water partition coefficient (Wildman–Crippen LogP) is 0.411. The van der Waals surface area contributed by atoms with E-state index in [0.29, 0.717) is 6.54 Å². The van der Waals surface area contributed by atoms with Crippen molar-refractivity contribution in [3.8, 4) is 0 Å². The molecule has 5 nitrogen and oxygen atoms in total. The Morgan fingerprint density at radius 3 is 2.44 bits per heavy atom. The zero-order valence-electron chi connectivity index (χ0n) is 11.1. The summed E-state index contributed by atoms with van der Waals surface area (Å²) in [4.78, 5) is 23.1. The smallest absolute Gasteiger partial charge is 0.224 e. The number of hydrogen-bond donors (Lipinski definition) is 3. The molecule has 0 saturated heterocycles. The summed E-state index contributed by atoms with van der Waals surface area (Å²) in [5.41, 5.74) is 10.2. The summed E-state index contributed by atoms with van der Waals surface area (Å²) in [5, 5.41) is 2.82. The van der Waals surface area contributed by atoms with Crippen LogP contribution < -0.4 is 16.8 Å². The molecule has 0 spiro atoms. The highest BCUT2D eigenvalue weighted by molar-refractivity contribution is 5.85. The Labute approximate surface area is 114 Å². The van der Waals surface area contributed by atoms with Gasteiger partial charge in [-0.15, -0.1) is 12.4 Å². The van der Waals surface area contributed by atoms with Crippen LogP contribution in [0, 0.1) is 17.3 Å². The third-order valence-electron chi connectivity index (χ3n) is 3.67. The molecule has 0 aromatic rings. The van der Waals surface area contributed by atoms with Gasteiger partial charge in [-0.05, 0) is 39.2 Å². The van der Waals surface area contributed by atoms with Gasteiger partial charge < -0.3 is 16.8 Å². The fourth-order valence-electron chi connectivity index (χ4n) is 2.19. The van der Waals surface area contributed by atoms with Gasteiger partial charge in [0.1, 0.15) is 0 Å². The van der Waals surface area contributed by atoms with E-state index in [1.165, 1.54) is 0 Å². The first-order valence-electron chi connectivity index (χ1n) is 6.16. The minimum absolute atomic E-state index is 0. The second kappa shape index (κ2) is 6.95. The van der Waals surface area contributed by atoms with Crippen LogP contribution in [0.2, 0.25) is 0 Å². The average Bonchev–Trinajstić information content (AvgIpc) is 2.73. The lowest BCUT2D eigenvalue weighted by Crippen LogP contribution is -2.45. The number of nitrogens with one attached hydrogen (secondary N) is 1. The Balaban J connectivity index is 0.00000289. The van der Waals surface area contributed by atoms with Crippen LogP contribution in [0.15, 0.2) is 0 Å². The van der Waals surface area contributed by atoms with E-state index in [2.05, 4.69) is 5.32 Å². The lowest BCUT2D eigenvalue weighted by Gasteiger charge is -2.23. The maximum atomic E-state index is 12.0. The molecule has 0 bridgehead atoms. The molecule has 0 radical (unpaired) electrons. The molecule has 106 valence electrons. The van der Waals surface area contributed by atoms with Crippen molar-refractivity contribution in [1.82, 2.24) is 5.32 Å². The highest BCUT2D eigenvalue weighted by Gasteiger charge is 2.33. The molecule has 1 saturated carbocycles.